The molecule has 1 saturated heterocycles. The maximum atomic E-state index is 11.8. The molecule has 0 aliphatic carbocycles. The zero-order valence-electron chi connectivity index (χ0n) is 19.1. The Kier molecular flexibility index (Phi) is 7.05. The predicted octanol–water partition coefficient (Wildman–Crippen LogP) is 3.58. The number of benzene rings is 1. The summed E-state index contributed by atoms with van der Waals surface area (Å²) >= 11 is 5.78. The molecule has 0 radical (unpaired) electrons. The SMILES string of the molecule is COC(=O)c1ccc(-n2cccc2C2C(c3ccccn3)NC(=S)N2CCCN(C)C)cc1. The van der Waals surface area contributed by atoms with E-state index >= 15 is 0 Å². The van der Waals surface area contributed by atoms with E-state index < -0.39 is 0 Å². The molecule has 3 heterocycles. The number of nitrogens with zero attached hydrogens (tertiary/aromatic N) is 4. The van der Waals surface area contributed by atoms with Crippen LogP contribution in [0.4, 0.5) is 0 Å². The third kappa shape index (κ3) is 4.91. The molecule has 33 heavy (non-hydrogen) atoms. The van der Waals surface area contributed by atoms with Crippen molar-refractivity contribution in [1.29, 1.82) is 0 Å². The summed E-state index contributed by atoms with van der Waals surface area (Å²) < 4.78 is 6.98. The number of carbonyl (C=O) groups is 1. The molecule has 1 fully saturated rings. The Bertz CT molecular complexity index is 1100. The van der Waals surface area contributed by atoms with Gasteiger partial charge in [-0.15, -0.1) is 0 Å². The van der Waals surface area contributed by atoms with Crippen molar-refractivity contribution in [3.8, 4) is 5.69 Å². The maximum absolute atomic E-state index is 11.8. The zero-order valence-corrected chi connectivity index (χ0v) is 20.0. The summed E-state index contributed by atoms with van der Waals surface area (Å²) in [6.07, 6.45) is 4.85. The minimum atomic E-state index is -0.345. The van der Waals surface area contributed by atoms with Crippen LogP contribution in [-0.4, -0.2) is 64.7 Å². The van der Waals surface area contributed by atoms with Crippen molar-refractivity contribution in [3.05, 3.63) is 83.9 Å². The molecule has 1 aliphatic rings. The Labute approximate surface area is 200 Å². The second-order valence-corrected chi connectivity index (χ2v) is 8.71. The molecular formula is C25H29N5O2S. The summed E-state index contributed by atoms with van der Waals surface area (Å²) in [5.74, 6) is -0.345. The number of thiocarbonyl (C=S) groups is 1. The molecule has 0 saturated carbocycles. The van der Waals surface area contributed by atoms with Gasteiger partial charge in [0.15, 0.2) is 5.11 Å². The number of rotatable bonds is 8. The van der Waals surface area contributed by atoms with Gasteiger partial charge in [0.2, 0.25) is 0 Å². The van der Waals surface area contributed by atoms with Gasteiger partial charge in [0, 0.05) is 30.3 Å². The third-order valence-corrected chi connectivity index (χ3v) is 6.20. The minimum absolute atomic E-state index is 0.0233. The van der Waals surface area contributed by atoms with Crippen molar-refractivity contribution in [3.63, 3.8) is 0 Å². The molecule has 1 aromatic carbocycles. The summed E-state index contributed by atoms with van der Waals surface area (Å²) in [4.78, 5) is 20.9. The first-order valence-corrected chi connectivity index (χ1v) is 11.4. The molecular weight excluding hydrogens is 434 g/mol. The molecule has 0 amide bonds. The normalized spacial score (nSPS) is 17.9. The average molecular weight is 464 g/mol. The van der Waals surface area contributed by atoms with E-state index in [1.165, 1.54) is 7.11 Å². The highest BCUT2D eigenvalue weighted by Crippen LogP contribution is 2.39. The van der Waals surface area contributed by atoms with Gasteiger partial charge >= 0.3 is 5.97 Å². The largest absolute Gasteiger partial charge is 0.465 e. The average Bonchev–Trinajstić information content (AvgIpc) is 3.43. The Morgan fingerprint density at radius 3 is 2.61 bits per heavy atom. The number of hydrogen-bond donors (Lipinski definition) is 1. The first kappa shape index (κ1) is 22.9. The van der Waals surface area contributed by atoms with Crippen LogP contribution in [0.2, 0.25) is 0 Å². The van der Waals surface area contributed by atoms with Gasteiger partial charge in [-0.1, -0.05) is 6.07 Å². The molecule has 0 bridgehead atoms. The fourth-order valence-electron chi connectivity index (χ4n) is 4.27. The van der Waals surface area contributed by atoms with Crippen molar-refractivity contribution in [2.75, 3.05) is 34.3 Å². The monoisotopic (exact) mass is 463 g/mol. The second kappa shape index (κ2) is 10.1. The Balaban J connectivity index is 1.71. The molecule has 7 nitrogen and oxygen atoms in total. The van der Waals surface area contributed by atoms with Crippen LogP contribution in [0.1, 0.15) is 40.3 Å². The number of methoxy groups -OCH3 is 1. The van der Waals surface area contributed by atoms with Crippen LogP contribution >= 0.6 is 12.2 Å². The van der Waals surface area contributed by atoms with Gasteiger partial charge in [-0.25, -0.2) is 4.79 Å². The standard InChI is InChI=1S/C25H29N5O2S/c1-28(2)15-7-17-30-23(22(27-25(30)33)20-8-4-5-14-26-20)21-9-6-16-29(21)19-12-10-18(11-13-19)24(31)32-3/h4-6,8-14,16,22-23H,7,15,17H2,1-3H3,(H,27,33). The molecule has 1 N–H and O–H groups in total. The molecule has 4 rings (SSSR count). The van der Waals surface area contributed by atoms with Crippen LogP contribution in [0.3, 0.4) is 0 Å². The van der Waals surface area contributed by atoms with Crippen molar-refractivity contribution in [1.82, 2.24) is 24.7 Å². The highest BCUT2D eigenvalue weighted by Gasteiger charge is 2.40. The number of hydrogen-bond acceptors (Lipinski definition) is 5. The fourth-order valence-corrected chi connectivity index (χ4v) is 4.60. The number of nitrogens with one attached hydrogen (secondary N) is 1. The van der Waals surface area contributed by atoms with Gasteiger partial charge in [-0.2, -0.15) is 0 Å². The number of pyridine rings is 1. The predicted molar refractivity (Wildman–Crippen MR) is 132 cm³/mol. The number of aromatic nitrogens is 2. The fraction of sp³-hybridized carbons (Fsp3) is 0.320. The summed E-state index contributed by atoms with van der Waals surface area (Å²) in [6.45, 7) is 1.82. The minimum Gasteiger partial charge on any atom is -0.465 e. The molecule has 8 heteroatoms. The van der Waals surface area contributed by atoms with Crippen LogP contribution in [0.25, 0.3) is 5.69 Å². The molecule has 0 spiro atoms. The topological polar surface area (TPSA) is 62.6 Å². The lowest BCUT2D eigenvalue weighted by molar-refractivity contribution is 0.0600. The number of carbonyl (C=O) groups excluding carboxylic acids is 1. The number of ether oxygens (including phenoxy) is 1. The van der Waals surface area contributed by atoms with Gasteiger partial charge in [-0.3, -0.25) is 4.98 Å². The highest BCUT2D eigenvalue weighted by molar-refractivity contribution is 7.80. The molecule has 2 atom stereocenters. The quantitative estimate of drug-likeness (QED) is 0.405. The van der Waals surface area contributed by atoms with Crippen LogP contribution in [-0.2, 0) is 4.74 Å². The zero-order chi connectivity index (χ0) is 23.4. The van der Waals surface area contributed by atoms with Crippen molar-refractivity contribution in [2.24, 2.45) is 0 Å². The van der Waals surface area contributed by atoms with Gasteiger partial charge in [-0.05, 0) is 87.8 Å². The molecule has 2 unspecified atom stereocenters. The van der Waals surface area contributed by atoms with E-state index in [4.69, 9.17) is 17.0 Å². The van der Waals surface area contributed by atoms with Gasteiger partial charge in [0.25, 0.3) is 0 Å². The van der Waals surface area contributed by atoms with Crippen molar-refractivity contribution in [2.45, 2.75) is 18.5 Å². The van der Waals surface area contributed by atoms with E-state index in [2.05, 4.69) is 44.8 Å². The van der Waals surface area contributed by atoms with Gasteiger partial charge in [0.05, 0.1) is 30.5 Å². The van der Waals surface area contributed by atoms with Crippen LogP contribution in [0.15, 0.2) is 67.0 Å². The third-order valence-electron chi connectivity index (χ3n) is 5.85. The Morgan fingerprint density at radius 1 is 1.15 bits per heavy atom. The molecule has 172 valence electrons. The van der Waals surface area contributed by atoms with E-state index in [0.717, 1.165) is 41.7 Å². The first-order chi connectivity index (χ1) is 16.0. The summed E-state index contributed by atoms with van der Waals surface area (Å²) in [5, 5.41) is 4.25. The lowest BCUT2D eigenvalue weighted by Crippen LogP contribution is -2.33. The van der Waals surface area contributed by atoms with Gasteiger partial charge in [0.1, 0.15) is 0 Å². The number of esters is 1. The van der Waals surface area contributed by atoms with Crippen molar-refractivity contribution >= 4 is 23.3 Å². The van der Waals surface area contributed by atoms with Crippen LogP contribution < -0.4 is 5.32 Å². The summed E-state index contributed by atoms with van der Waals surface area (Å²) in [6, 6.07) is 17.5. The molecule has 1 aliphatic heterocycles. The van der Waals surface area contributed by atoms with E-state index in [0.29, 0.717) is 5.56 Å². The molecule has 2 aromatic heterocycles. The van der Waals surface area contributed by atoms with E-state index in [1.807, 2.05) is 48.8 Å². The smallest absolute Gasteiger partial charge is 0.337 e. The maximum Gasteiger partial charge on any atom is 0.337 e. The molecule has 3 aromatic rings. The van der Waals surface area contributed by atoms with Crippen molar-refractivity contribution < 1.29 is 9.53 Å². The lowest BCUT2D eigenvalue weighted by Gasteiger charge is -2.29. The van der Waals surface area contributed by atoms with Crippen LogP contribution in [0, 0.1) is 0 Å². The van der Waals surface area contributed by atoms with Gasteiger partial charge < -0.3 is 24.4 Å². The second-order valence-electron chi connectivity index (χ2n) is 8.32. The highest BCUT2D eigenvalue weighted by atomic mass is 32.1. The lowest BCUT2D eigenvalue weighted by atomic mass is 10.0. The van der Waals surface area contributed by atoms with Crippen LogP contribution in [0.5, 0.6) is 0 Å². The summed E-state index contributed by atoms with van der Waals surface area (Å²) in [7, 11) is 5.55. The van der Waals surface area contributed by atoms with E-state index in [-0.39, 0.29) is 18.1 Å². The van der Waals surface area contributed by atoms with E-state index in [1.54, 1.807) is 12.1 Å². The Hall–Kier alpha value is -3.23. The van der Waals surface area contributed by atoms with E-state index in [9.17, 15) is 4.79 Å². The Morgan fingerprint density at radius 2 is 1.94 bits per heavy atom. The first-order valence-electron chi connectivity index (χ1n) is 11.0. The summed E-state index contributed by atoms with van der Waals surface area (Å²) in [5.41, 5.74) is 3.55.